The standard InChI is InChI=1S/C13H17N3O3/c14-11-4-3-9(17)7-10(11)13(19)16-6-5-15-12(18)8-1-2-8/h3-4,7-8,17H,1-2,5-6,14H2,(H,15,18)(H,16,19). The Morgan fingerprint density at radius 2 is 1.95 bits per heavy atom. The average Bonchev–Trinajstić information content (AvgIpc) is 3.21. The van der Waals surface area contributed by atoms with E-state index < -0.39 is 0 Å². The van der Waals surface area contributed by atoms with Gasteiger partial charge in [-0.05, 0) is 31.0 Å². The van der Waals surface area contributed by atoms with Gasteiger partial charge in [-0.1, -0.05) is 0 Å². The molecule has 102 valence electrons. The molecule has 6 nitrogen and oxygen atoms in total. The Bertz CT molecular complexity index is 498. The van der Waals surface area contributed by atoms with Gasteiger partial charge in [0.1, 0.15) is 5.75 Å². The normalized spacial score (nSPS) is 13.9. The first-order valence-electron chi connectivity index (χ1n) is 6.22. The zero-order valence-electron chi connectivity index (χ0n) is 10.5. The Hall–Kier alpha value is -2.24. The Kier molecular flexibility index (Phi) is 3.89. The molecule has 0 aromatic heterocycles. The topological polar surface area (TPSA) is 104 Å². The largest absolute Gasteiger partial charge is 0.508 e. The molecule has 1 aromatic rings. The van der Waals surface area contributed by atoms with Crippen molar-refractivity contribution in [2.24, 2.45) is 5.92 Å². The maximum atomic E-state index is 11.8. The molecular weight excluding hydrogens is 246 g/mol. The number of nitrogen functional groups attached to an aromatic ring is 1. The number of nitrogens with two attached hydrogens (primary N) is 1. The molecule has 0 atom stereocenters. The van der Waals surface area contributed by atoms with Crippen LogP contribution in [0.1, 0.15) is 23.2 Å². The molecule has 2 rings (SSSR count). The number of nitrogens with one attached hydrogen (secondary N) is 2. The van der Waals surface area contributed by atoms with Crippen molar-refractivity contribution in [3.63, 3.8) is 0 Å². The predicted octanol–water partition coefficient (Wildman–Crippen LogP) is 0.230. The molecule has 6 heteroatoms. The number of hydrogen-bond acceptors (Lipinski definition) is 4. The van der Waals surface area contributed by atoms with Gasteiger partial charge in [-0.3, -0.25) is 9.59 Å². The van der Waals surface area contributed by atoms with E-state index in [9.17, 15) is 14.7 Å². The monoisotopic (exact) mass is 263 g/mol. The number of hydrogen-bond donors (Lipinski definition) is 4. The van der Waals surface area contributed by atoms with Crippen molar-refractivity contribution < 1.29 is 14.7 Å². The third-order valence-corrected chi connectivity index (χ3v) is 2.94. The number of benzene rings is 1. The number of carbonyl (C=O) groups is 2. The van der Waals surface area contributed by atoms with Crippen LogP contribution in [0.4, 0.5) is 5.69 Å². The Balaban J connectivity index is 1.77. The van der Waals surface area contributed by atoms with E-state index >= 15 is 0 Å². The molecule has 2 amide bonds. The van der Waals surface area contributed by atoms with Crippen molar-refractivity contribution in [3.8, 4) is 5.75 Å². The first kappa shape index (κ1) is 13.2. The number of phenols is 1. The maximum absolute atomic E-state index is 11.8. The van der Waals surface area contributed by atoms with Crippen LogP contribution in [0.15, 0.2) is 18.2 Å². The quantitative estimate of drug-likeness (QED) is 0.347. The van der Waals surface area contributed by atoms with Crippen LogP contribution in [-0.2, 0) is 4.79 Å². The van der Waals surface area contributed by atoms with Crippen LogP contribution in [0.2, 0.25) is 0 Å². The van der Waals surface area contributed by atoms with Gasteiger partial charge in [-0.2, -0.15) is 0 Å². The van der Waals surface area contributed by atoms with E-state index in [0.717, 1.165) is 12.8 Å². The van der Waals surface area contributed by atoms with Crippen LogP contribution in [0, 0.1) is 5.92 Å². The highest BCUT2D eigenvalue weighted by Crippen LogP contribution is 2.28. The second-order valence-electron chi connectivity index (χ2n) is 4.59. The van der Waals surface area contributed by atoms with Crippen LogP contribution < -0.4 is 16.4 Å². The predicted molar refractivity (Wildman–Crippen MR) is 70.6 cm³/mol. The Morgan fingerprint density at radius 1 is 1.26 bits per heavy atom. The van der Waals surface area contributed by atoms with Gasteiger partial charge in [-0.25, -0.2) is 0 Å². The molecule has 0 unspecified atom stereocenters. The van der Waals surface area contributed by atoms with Gasteiger partial charge < -0.3 is 21.5 Å². The second-order valence-corrected chi connectivity index (χ2v) is 4.59. The number of carbonyl (C=O) groups excluding carboxylic acids is 2. The van der Waals surface area contributed by atoms with Gasteiger partial charge >= 0.3 is 0 Å². The fraction of sp³-hybridized carbons (Fsp3) is 0.385. The lowest BCUT2D eigenvalue weighted by Crippen LogP contribution is -2.35. The van der Waals surface area contributed by atoms with Crippen LogP contribution in [-0.4, -0.2) is 30.0 Å². The molecule has 0 heterocycles. The molecule has 19 heavy (non-hydrogen) atoms. The molecule has 0 saturated heterocycles. The summed E-state index contributed by atoms with van der Waals surface area (Å²) in [7, 11) is 0. The summed E-state index contributed by atoms with van der Waals surface area (Å²) in [5, 5.41) is 14.7. The molecule has 0 bridgehead atoms. The van der Waals surface area contributed by atoms with Gasteiger partial charge in [0.15, 0.2) is 0 Å². The molecule has 0 aliphatic heterocycles. The fourth-order valence-electron chi connectivity index (χ4n) is 1.69. The van der Waals surface area contributed by atoms with E-state index in [0.29, 0.717) is 18.8 Å². The molecule has 1 aliphatic rings. The Labute approximate surface area is 111 Å². The van der Waals surface area contributed by atoms with E-state index in [4.69, 9.17) is 5.73 Å². The lowest BCUT2D eigenvalue weighted by atomic mass is 10.1. The molecule has 0 spiro atoms. The highest BCUT2D eigenvalue weighted by molar-refractivity contribution is 5.99. The van der Waals surface area contributed by atoms with Gasteiger partial charge in [0.25, 0.3) is 5.91 Å². The molecule has 1 aliphatic carbocycles. The van der Waals surface area contributed by atoms with Crippen molar-refractivity contribution >= 4 is 17.5 Å². The summed E-state index contributed by atoms with van der Waals surface area (Å²) in [5.74, 6) is -0.168. The smallest absolute Gasteiger partial charge is 0.253 e. The van der Waals surface area contributed by atoms with Crippen LogP contribution in [0.5, 0.6) is 5.75 Å². The highest BCUT2D eigenvalue weighted by atomic mass is 16.3. The molecule has 1 saturated carbocycles. The lowest BCUT2D eigenvalue weighted by molar-refractivity contribution is -0.122. The van der Waals surface area contributed by atoms with Crippen molar-refractivity contribution in [1.82, 2.24) is 10.6 Å². The third-order valence-electron chi connectivity index (χ3n) is 2.94. The number of aromatic hydroxyl groups is 1. The highest BCUT2D eigenvalue weighted by Gasteiger charge is 2.28. The fourth-order valence-corrected chi connectivity index (χ4v) is 1.69. The summed E-state index contributed by atoms with van der Waals surface area (Å²) in [6, 6.07) is 4.20. The minimum absolute atomic E-state index is 0.0126. The number of amides is 2. The Morgan fingerprint density at radius 3 is 2.63 bits per heavy atom. The van der Waals surface area contributed by atoms with Crippen LogP contribution in [0.3, 0.4) is 0 Å². The maximum Gasteiger partial charge on any atom is 0.253 e. The van der Waals surface area contributed by atoms with E-state index in [1.807, 2.05) is 0 Å². The zero-order chi connectivity index (χ0) is 13.8. The van der Waals surface area contributed by atoms with E-state index in [1.54, 1.807) is 0 Å². The van der Waals surface area contributed by atoms with Gasteiger partial charge in [0.2, 0.25) is 5.91 Å². The minimum Gasteiger partial charge on any atom is -0.508 e. The number of rotatable bonds is 5. The van der Waals surface area contributed by atoms with Crippen LogP contribution >= 0.6 is 0 Å². The summed E-state index contributed by atoms with van der Waals surface area (Å²) in [6.45, 7) is 0.714. The molecule has 1 fully saturated rings. The summed E-state index contributed by atoms with van der Waals surface area (Å²) in [5.41, 5.74) is 6.18. The molecule has 5 N–H and O–H groups in total. The lowest BCUT2D eigenvalue weighted by Gasteiger charge is -2.08. The average molecular weight is 263 g/mol. The van der Waals surface area contributed by atoms with Gasteiger partial charge in [0.05, 0.1) is 5.56 Å². The SMILES string of the molecule is Nc1ccc(O)cc1C(=O)NCCNC(=O)C1CC1. The summed E-state index contributed by atoms with van der Waals surface area (Å²) < 4.78 is 0. The third kappa shape index (κ3) is 3.61. The van der Waals surface area contributed by atoms with E-state index in [2.05, 4.69) is 10.6 Å². The molecular formula is C13H17N3O3. The van der Waals surface area contributed by atoms with E-state index in [1.165, 1.54) is 18.2 Å². The first-order valence-corrected chi connectivity index (χ1v) is 6.22. The number of phenolic OH excluding ortho intramolecular Hbond substituents is 1. The summed E-state index contributed by atoms with van der Waals surface area (Å²) in [4.78, 5) is 23.1. The second kappa shape index (κ2) is 5.60. The van der Waals surface area contributed by atoms with Crippen molar-refractivity contribution in [2.75, 3.05) is 18.8 Å². The summed E-state index contributed by atoms with van der Waals surface area (Å²) in [6.07, 6.45) is 1.91. The van der Waals surface area contributed by atoms with Crippen molar-refractivity contribution in [3.05, 3.63) is 23.8 Å². The van der Waals surface area contributed by atoms with Gasteiger partial charge in [-0.15, -0.1) is 0 Å². The zero-order valence-corrected chi connectivity index (χ0v) is 10.5. The molecule has 1 aromatic carbocycles. The summed E-state index contributed by atoms with van der Waals surface area (Å²) >= 11 is 0. The van der Waals surface area contributed by atoms with Crippen molar-refractivity contribution in [1.29, 1.82) is 0 Å². The van der Waals surface area contributed by atoms with E-state index in [-0.39, 0.29) is 29.0 Å². The minimum atomic E-state index is -0.367. The van der Waals surface area contributed by atoms with Crippen LogP contribution in [0.25, 0.3) is 0 Å². The van der Waals surface area contributed by atoms with Crippen molar-refractivity contribution in [2.45, 2.75) is 12.8 Å². The van der Waals surface area contributed by atoms with Gasteiger partial charge in [0, 0.05) is 24.7 Å². The first-order chi connectivity index (χ1) is 9.08. The number of anilines is 1. The molecule has 0 radical (unpaired) electrons.